The Labute approximate surface area is 95.2 Å². The predicted molar refractivity (Wildman–Crippen MR) is 63.1 cm³/mol. The van der Waals surface area contributed by atoms with Gasteiger partial charge in [0.05, 0.1) is 5.75 Å². The van der Waals surface area contributed by atoms with Crippen molar-refractivity contribution in [3.8, 4) is 0 Å². The SMILES string of the molecule is CCNCC(C)c1nc(CSCC)no1. The Bertz CT molecular complexity index is 277. The first-order valence-electron chi connectivity index (χ1n) is 5.38. The Hall–Kier alpha value is -0.550. The monoisotopic (exact) mass is 229 g/mol. The maximum Gasteiger partial charge on any atom is 0.230 e. The van der Waals surface area contributed by atoms with E-state index in [0.29, 0.717) is 0 Å². The second kappa shape index (κ2) is 6.85. The molecular formula is C10H19N3OS. The number of aromatic nitrogens is 2. The third-order valence-corrected chi connectivity index (χ3v) is 2.91. The lowest BCUT2D eigenvalue weighted by atomic mass is 10.2. The Morgan fingerprint density at radius 2 is 2.27 bits per heavy atom. The van der Waals surface area contributed by atoms with Crippen molar-refractivity contribution < 1.29 is 4.52 Å². The molecule has 1 unspecified atom stereocenters. The summed E-state index contributed by atoms with van der Waals surface area (Å²) in [5, 5.41) is 7.21. The molecule has 1 heterocycles. The van der Waals surface area contributed by atoms with Gasteiger partial charge in [-0.1, -0.05) is 25.9 Å². The van der Waals surface area contributed by atoms with Gasteiger partial charge in [0.2, 0.25) is 5.89 Å². The van der Waals surface area contributed by atoms with Crippen LogP contribution in [0.2, 0.25) is 0 Å². The van der Waals surface area contributed by atoms with Crippen molar-refractivity contribution in [2.75, 3.05) is 18.8 Å². The number of likely N-dealkylation sites (N-methyl/N-ethyl adjacent to an activating group) is 1. The van der Waals surface area contributed by atoms with Gasteiger partial charge in [-0.2, -0.15) is 16.7 Å². The highest BCUT2D eigenvalue weighted by Crippen LogP contribution is 2.14. The molecule has 0 radical (unpaired) electrons. The number of thioether (sulfide) groups is 1. The van der Waals surface area contributed by atoms with E-state index < -0.39 is 0 Å². The fourth-order valence-electron chi connectivity index (χ4n) is 1.17. The topological polar surface area (TPSA) is 51.0 Å². The summed E-state index contributed by atoms with van der Waals surface area (Å²) in [5.41, 5.74) is 0. The maximum absolute atomic E-state index is 5.21. The summed E-state index contributed by atoms with van der Waals surface area (Å²) in [6.07, 6.45) is 0. The van der Waals surface area contributed by atoms with Gasteiger partial charge in [0.1, 0.15) is 0 Å². The smallest absolute Gasteiger partial charge is 0.230 e. The Balaban J connectivity index is 2.43. The van der Waals surface area contributed by atoms with Crippen LogP contribution in [-0.2, 0) is 5.75 Å². The van der Waals surface area contributed by atoms with Gasteiger partial charge < -0.3 is 9.84 Å². The van der Waals surface area contributed by atoms with Crippen LogP contribution in [0, 0.1) is 0 Å². The van der Waals surface area contributed by atoms with Crippen molar-refractivity contribution in [3.63, 3.8) is 0 Å². The van der Waals surface area contributed by atoms with E-state index in [1.807, 2.05) is 0 Å². The normalized spacial score (nSPS) is 13.0. The van der Waals surface area contributed by atoms with E-state index in [9.17, 15) is 0 Å². The van der Waals surface area contributed by atoms with Crippen LogP contribution in [0.4, 0.5) is 0 Å². The van der Waals surface area contributed by atoms with Gasteiger partial charge in [0.15, 0.2) is 5.82 Å². The minimum atomic E-state index is 0.290. The average molecular weight is 229 g/mol. The highest BCUT2D eigenvalue weighted by Gasteiger charge is 2.13. The molecule has 5 heteroatoms. The summed E-state index contributed by atoms with van der Waals surface area (Å²) in [6, 6.07) is 0. The third kappa shape index (κ3) is 4.22. The third-order valence-electron chi connectivity index (χ3n) is 2.04. The lowest BCUT2D eigenvalue weighted by molar-refractivity contribution is 0.352. The van der Waals surface area contributed by atoms with E-state index in [1.165, 1.54) is 0 Å². The molecular weight excluding hydrogens is 210 g/mol. The summed E-state index contributed by atoms with van der Waals surface area (Å²) in [4.78, 5) is 4.36. The van der Waals surface area contributed by atoms with Gasteiger partial charge in [-0.3, -0.25) is 0 Å². The van der Waals surface area contributed by atoms with Crippen molar-refractivity contribution in [2.45, 2.75) is 32.4 Å². The van der Waals surface area contributed by atoms with Gasteiger partial charge >= 0.3 is 0 Å². The molecule has 0 aliphatic rings. The lowest BCUT2D eigenvalue weighted by Gasteiger charge is -2.05. The van der Waals surface area contributed by atoms with Crippen LogP contribution in [0.15, 0.2) is 4.52 Å². The van der Waals surface area contributed by atoms with E-state index in [2.05, 4.69) is 36.2 Å². The first-order chi connectivity index (χ1) is 7.27. The Kier molecular flexibility index (Phi) is 5.71. The zero-order valence-electron chi connectivity index (χ0n) is 9.62. The van der Waals surface area contributed by atoms with E-state index >= 15 is 0 Å². The minimum Gasteiger partial charge on any atom is -0.339 e. The van der Waals surface area contributed by atoms with E-state index in [4.69, 9.17) is 4.52 Å². The standard InChI is InChI=1S/C10H19N3OS/c1-4-11-6-8(3)10-12-9(13-14-10)7-15-5-2/h8,11H,4-7H2,1-3H3. The maximum atomic E-state index is 5.21. The molecule has 0 spiro atoms. The van der Waals surface area contributed by atoms with Crippen LogP contribution in [-0.4, -0.2) is 29.0 Å². The molecule has 0 aliphatic carbocycles. The second-order valence-electron chi connectivity index (χ2n) is 3.39. The highest BCUT2D eigenvalue weighted by molar-refractivity contribution is 7.98. The van der Waals surface area contributed by atoms with Crippen molar-refractivity contribution in [2.24, 2.45) is 0 Å². The fraction of sp³-hybridized carbons (Fsp3) is 0.800. The second-order valence-corrected chi connectivity index (χ2v) is 4.67. The minimum absolute atomic E-state index is 0.290. The van der Waals surface area contributed by atoms with Crippen LogP contribution in [0.1, 0.15) is 38.4 Å². The molecule has 1 aromatic rings. The van der Waals surface area contributed by atoms with Crippen LogP contribution in [0.25, 0.3) is 0 Å². The zero-order chi connectivity index (χ0) is 11.1. The average Bonchev–Trinajstić information content (AvgIpc) is 2.71. The van der Waals surface area contributed by atoms with Crippen molar-refractivity contribution >= 4 is 11.8 Å². The lowest BCUT2D eigenvalue weighted by Crippen LogP contribution is -2.19. The van der Waals surface area contributed by atoms with Crippen molar-refractivity contribution in [1.82, 2.24) is 15.5 Å². The molecule has 0 saturated carbocycles. The van der Waals surface area contributed by atoms with Crippen LogP contribution < -0.4 is 5.32 Å². The van der Waals surface area contributed by atoms with Gasteiger partial charge in [-0.05, 0) is 12.3 Å². The summed E-state index contributed by atoms with van der Waals surface area (Å²) in [7, 11) is 0. The molecule has 0 aromatic carbocycles. The Morgan fingerprint density at radius 1 is 1.47 bits per heavy atom. The molecule has 4 nitrogen and oxygen atoms in total. The first-order valence-corrected chi connectivity index (χ1v) is 6.54. The molecule has 1 aromatic heterocycles. The van der Waals surface area contributed by atoms with Gasteiger partial charge in [0.25, 0.3) is 0 Å². The summed E-state index contributed by atoms with van der Waals surface area (Å²) < 4.78 is 5.21. The number of rotatable bonds is 7. The molecule has 1 atom stereocenters. The molecule has 0 fully saturated rings. The summed E-state index contributed by atoms with van der Waals surface area (Å²) in [5.74, 6) is 3.76. The molecule has 1 rings (SSSR count). The molecule has 0 saturated heterocycles. The molecule has 15 heavy (non-hydrogen) atoms. The van der Waals surface area contributed by atoms with Gasteiger partial charge in [-0.15, -0.1) is 0 Å². The van der Waals surface area contributed by atoms with E-state index in [0.717, 1.165) is 36.3 Å². The van der Waals surface area contributed by atoms with Crippen LogP contribution >= 0.6 is 11.8 Å². The number of nitrogens with one attached hydrogen (secondary N) is 1. The van der Waals surface area contributed by atoms with Crippen molar-refractivity contribution in [1.29, 1.82) is 0 Å². The van der Waals surface area contributed by atoms with E-state index in [-0.39, 0.29) is 5.92 Å². The first kappa shape index (κ1) is 12.5. The quantitative estimate of drug-likeness (QED) is 0.775. The molecule has 86 valence electrons. The summed E-state index contributed by atoms with van der Waals surface area (Å²) in [6.45, 7) is 8.16. The molecule has 0 bridgehead atoms. The predicted octanol–water partition coefficient (Wildman–Crippen LogP) is 2.04. The van der Waals surface area contributed by atoms with Crippen LogP contribution in [0.3, 0.4) is 0 Å². The van der Waals surface area contributed by atoms with Gasteiger partial charge in [0, 0.05) is 12.5 Å². The molecule has 0 amide bonds. The van der Waals surface area contributed by atoms with Crippen LogP contribution in [0.5, 0.6) is 0 Å². The molecule has 1 N–H and O–H groups in total. The largest absolute Gasteiger partial charge is 0.339 e. The Morgan fingerprint density at radius 3 is 2.93 bits per heavy atom. The number of hydrogen-bond donors (Lipinski definition) is 1. The fourth-order valence-corrected chi connectivity index (χ4v) is 1.67. The van der Waals surface area contributed by atoms with Crippen molar-refractivity contribution in [3.05, 3.63) is 11.7 Å². The zero-order valence-corrected chi connectivity index (χ0v) is 10.4. The highest BCUT2D eigenvalue weighted by atomic mass is 32.2. The van der Waals surface area contributed by atoms with Gasteiger partial charge in [-0.25, -0.2) is 0 Å². The number of nitrogens with zero attached hydrogens (tertiary/aromatic N) is 2. The molecule has 0 aliphatic heterocycles. The van der Waals surface area contributed by atoms with E-state index in [1.54, 1.807) is 11.8 Å². The number of hydrogen-bond acceptors (Lipinski definition) is 5. The summed E-state index contributed by atoms with van der Waals surface area (Å²) >= 11 is 1.80.